The van der Waals surface area contributed by atoms with Gasteiger partial charge in [-0.15, -0.1) is 0 Å². The Bertz CT molecular complexity index is 697. The topological polar surface area (TPSA) is 240 Å². The van der Waals surface area contributed by atoms with Gasteiger partial charge in [0.1, 0.15) is 18.1 Å². The number of amides is 3. The molecule has 0 saturated carbocycles. The predicted octanol–water partition coefficient (Wildman–Crippen LogP) is -1.66. The number of hydrogen-bond donors (Lipinski definition) is 8. The molecule has 0 bridgehead atoms. The first-order valence-electron chi connectivity index (χ1n) is 11.6. The Morgan fingerprint density at radius 3 is 1.77 bits per heavy atom. The van der Waals surface area contributed by atoms with E-state index < -0.39 is 60.2 Å². The summed E-state index contributed by atoms with van der Waals surface area (Å²) in [6.07, 6.45) is 4.08. The van der Waals surface area contributed by atoms with Gasteiger partial charge in [0.15, 0.2) is 0 Å². The maximum absolute atomic E-state index is 12.9. The van der Waals surface area contributed by atoms with Gasteiger partial charge in [0, 0.05) is 0 Å². The van der Waals surface area contributed by atoms with Gasteiger partial charge < -0.3 is 43.4 Å². The number of carboxylic acid groups (broad SMARTS) is 2. The number of nitrogens with one attached hydrogen (secondary N) is 3. The number of hydrogen-bond acceptors (Lipinski definition) is 9. The molecule has 0 rings (SSSR count). The highest BCUT2D eigenvalue weighted by atomic mass is 32.2. The number of aliphatic carboxylic acids is 2. The Balaban J connectivity index is 5.36. The van der Waals surface area contributed by atoms with Gasteiger partial charge >= 0.3 is 11.9 Å². The summed E-state index contributed by atoms with van der Waals surface area (Å²) in [5, 5.41) is 25.7. The summed E-state index contributed by atoms with van der Waals surface area (Å²) in [4.78, 5) is 60.8. The molecule has 0 heterocycles. The van der Waals surface area contributed by atoms with Gasteiger partial charge in [-0.1, -0.05) is 6.42 Å². The molecule has 14 heteroatoms. The first kappa shape index (κ1) is 32.6. The second kappa shape index (κ2) is 18.9. The van der Waals surface area contributed by atoms with Crippen LogP contribution in [0.5, 0.6) is 0 Å². The van der Waals surface area contributed by atoms with Crippen molar-refractivity contribution in [2.45, 2.75) is 75.5 Å². The number of nitrogens with two attached hydrogens (primary N) is 3. The first-order valence-corrected chi connectivity index (χ1v) is 13.0. The molecule has 0 aliphatic rings. The standard InChI is InChI=1S/C21H40N6O7S/c1-35-11-8-14(25-18(30)13(24)6-2-4-9-22)19(31)27-16(12-17(28)29)20(32)26-15(21(33)34)7-3-5-10-23/h13-16H,2-12,22-24H2,1H3,(H,25,30)(H,26,32)(H,27,31)(H,28,29)(H,33,34). The Morgan fingerprint density at radius 2 is 1.26 bits per heavy atom. The second-order valence-electron chi connectivity index (χ2n) is 8.08. The van der Waals surface area contributed by atoms with Crippen LogP contribution in [0.25, 0.3) is 0 Å². The lowest BCUT2D eigenvalue weighted by Gasteiger charge is -2.24. The molecule has 3 amide bonds. The van der Waals surface area contributed by atoms with Gasteiger partial charge in [-0.2, -0.15) is 11.8 Å². The van der Waals surface area contributed by atoms with Crippen LogP contribution in [-0.2, 0) is 24.0 Å². The lowest BCUT2D eigenvalue weighted by Crippen LogP contribution is -2.57. The van der Waals surface area contributed by atoms with Crippen molar-refractivity contribution < 1.29 is 34.2 Å². The summed E-state index contributed by atoms with van der Waals surface area (Å²) in [7, 11) is 0. The normalized spacial score (nSPS) is 14.3. The maximum atomic E-state index is 12.9. The molecule has 0 aromatic heterocycles. The molecule has 0 spiro atoms. The quantitative estimate of drug-likeness (QED) is 0.0844. The molecule has 0 aromatic carbocycles. The molecule has 202 valence electrons. The molecule has 0 radical (unpaired) electrons. The molecule has 0 saturated heterocycles. The van der Waals surface area contributed by atoms with E-state index in [2.05, 4.69) is 16.0 Å². The van der Waals surface area contributed by atoms with Crippen LogP contribution < -0.4 is 33.2 Å². The summed E-state index contributed by atoms with van der Waals surface area (Å²) in [5.74, 6) is -4.42. The van der Waals surface area contributed by atoms with E-state index in [1.165, 1.54) is 11.8 Å². The molecule has 35 heavy (non-hydrogen) atoms. The van der Waals surface area contributed by atoms with E-state index in [0.29, 0.717) is 50.9 Å². The van der Waals surface area contributed by atoms with Crippen molar-refractivity contribution in [3.8, 4) is 0 Å². The number of carbonyl (C=O) groups excluding carboxylic acids is 3. The summed E-state index contributed by atoms with van der Waals surface area (Å²) in [6.45, 7) is 0.827. The molecule has 11 N–H and O–H groups in total. The van der Waals surface area contributed by atoms with Crippen molar-refractivity contribution in [1.82, 2.24) is 16.0 Å². The van der Waals surface area contributed by atoms with Crippen molar-refractivity contribution in [1.29, 1.82) is 0 Å². The van der Waals surface area contributed by atoms with Gasteiger partial charge in [0.05, 0.1) is 12.5 Å². The van der Waals surface area contributed by atoms with Crippen molar-refractivity contribution in [3.05, 3.63) is 0 Å². The fourth-order valence-electron chi connectivity index (χ4n) is 3.10. The largest absolute Gasteiger partial charge is 0.481 e. The third kappa shape index (κ3) is 14.5. The van der Waals surface area contributed by atoms with Crippen LogP contribution >= 0.6 is 11.8 Å². The average Bonchev–Trinajstić information content (AvgIpc) is 2.79. The first-order chi connectivity index (χ1) is 16.6. The second-order valence-corrected chi connectivity index (χ2v) is 9.06. The summed E-state index contributed by atoms with van der Waals surface area (Å²) >= 11 is 1.43. The van der Waals surface area contributed by atoms with Crippen LogP contribution in [0.1, 0.15) is 51.4 Å². The fourth-order valence-corrected chi connectivity index (χ4v) is 3.57. The van der Waals surface area contributed by atoms with Gasteiger partial charge in [0.2, 0.25) is 17.7 Å². The Hall–Kier alpha value is -2.42. The third-order valence-corrected chi connectivity index (χ3v) is 5.77. The van der Waals surface area contributed by atoms with Crippen LogP contribution in [0.4, 0.5) is 0 Å². The highest BCUT2D eigenvalue weighted by Crippen LogP contribution is 2.06. The number of thioether (sulfide) groups is 1. The Kier molecular flexibility index (Phi) is 17.5. The average molecular weight is 521 g/mol. The number of carbonyl (C=O) groups is 5. The SMILES string of the molecule is CSCCC(NC(=O)C(N)CCCCN)C(=O)NC(CC(=O)O)C(=O)NC(CCCCN)C(=O)O. The van der Waals surface area contributed by atoms with Crippen molar-refractivity contribution >= 4 is 41.4 Å². The van der Waals surface area contributed by atoms with Crippen LogP contribution in [-0.4, -0.2) is 89.1 Å². The van der Waals surface area contributed by atoms with E-state index in [4.69, 9.17) is 17.2 Å². The third-order valence-electron chi connectivity index (χ3n) is 5.12. The maximum Gasteiger partial charge on any atom is 0.326 e. The molecular weight excluding hydrogens is 480 g/mol. The minimum atomic E-state index is -1.54. The molecule has 0 aliphatic carbocycles. The van der Waals surface area contributed by atoms with E-state index >= 15 is 0 Å². The predicted molar refractivity (Wildman–Crippen MR) is 132 cm³/mol. The smallest absolute Gasteiger partial charge is 0.326 e. The molecule has 0 aromatic rings. The van der Waals surface area contributed by atoms with Gasteiger partial charge in [0.25, 0.3) is 0 Å². The van der Waals surface area contributed by atoms with E-state index in [1.54, 1.807) is 0 Å². The van der Waals surface area contributed by atoms with E-state index in [0.717, 1.165) is 0 Å². The monoisotopic (exact) mass is 520 g/mol. The summed E-state index contributed by atoms with van der Waals surface area (Å²) in [6, 6.07) is -4.71. The Morgan fingerprint density at radius 1 is 0.743 bits per heavy atom. The molecular formula is C21H40N6O7S. The highest BCUT2D eigenvalue weighted by molar-refractivity contribution is 7.98. The van der Waals surface area contributed by atoms with Crippen LogP contribution in [0, 0.1) is 0 Å². The van der Waals surface area contributed by atoms with E-state index in [9.17, 15) is 34.2 Å². The number of rotatable bonds is 20. The fraction of sp³-hybridized carbons (Fsp3) is 0.762. The lowest BCUT2D eigenvalue weighted by atomic mass is 10.1. The van der Waals surface area contributed by atoms with Crippen LogP contribution in [0.3, 0.4) is 0 Å². The molecule has 4 unspecified atom stereocenters. The van der Waals surface area contributed by atoms with Crippen molar-refractivity contribution in [2.24, 2.45) is 17.2 Å². The zero-order chi connectivity index (χ0) is 26.8. The summed E-state index contributed by atoms with van der Waals surface area (Å²) < 4.78 is 0. The van der Waals surface area contributed by atoms with Crippen LogP contribution in [0.15, 0.2) is 0 Å². The highest BCUT2D eigenvalue weighted by Gasteiger charge is 2.31. The number of carboxylic acids is 2. The summed E-state index contributed by atoms with van der Waals surface area (Å²) in [5.41, 5.74) is 16.7. The Labute approximate surface area is 209 Å². The lowest BCUT2D eigenvalue weighted by molar-refractivity contribution is -0.143. The minimum absolute atomic E-state index is 0.0977. The number of unbranched alkanes of at least 4 members (excludes halogenated alkanes) is 2. The molecule has 0 fully saturated rings. The minimum Gasteiger partial charge on any atom is -0.481 e. The zero-order valence-electron chi connectivity index (χ0n) is 20.2. The van der Waals surface area contributed by atoms with Crippen molar-refractivity contribution in [2.75, 3.05) is 25.1 Å². The van der Waals surface area contributed by atoms with Crippen LogP contribution in [0.2, 0.25) is 0 Å². The molecule has 4 atom stereocenters. The molecule has 13 nitrogen and oxygen atoms in total. The van der Waals surface area contributed by atoms with Gasteiger partial charge in [-0.3, -0.25) is 19.2 Å². The van der Waals surface area contributed by atoms with Gasteiger partial charge in [-0.05, 0) is 63.6 Å². The van der Waals surface area contributed by atoms with Crippen molar-refractivity contribution in [3.63, 3.8) is 0 Å². The zero-order valence-corrected chi connectivity index (χ0v) is 21.0. The molecule has 0 aliphatic heterocycles. The van der Waals surface area contributed by atoms with E-state index in [-0.39, 0.29) is 12.8 Å². The van der Waals surface area contributed by atoms with Gasteiger partial charge in [-0.25, -0.2) is 4.79 Å². The van der Waals surface area contributed by atoms with E-state index in [1.807, 2.05) is 6.26 Å².